The van der Waals surface area contributed by atoms with Crippen LogP contribution in [0.5, 0.6) is 5.75 Å². The number of methoxy groups -OCH3 is 1. The molecule has 0 saturated heterocycles. The lowest BCUT2D eigenvalue weighted by molar-refractivity contribution is 0.146. The molecule has 0 atom stereocenters. The van der Waals surface area contributed by atoms with Gasteiger partial charge in [0.25, 0.3) is 0 Å². The number of hydrogen-bond donors (Lipinski definition) is 1. The maximum Gasteiger partial charge on any atom is 0.127 e. The van der Waals surface area contributed by atoms with E-state index in [2.05, 4.69) is 0 Å². The summed E-state index contributed by atoms with van der Waals surface area (Å²) in [5, 5.41) is 0. The summed E-state index contributed by atoms with van der Waals surface area (Å²) in [5.74, 6) is 0.411. The predicted molar refractivity (Wildman–Crippen MR) is 77.1 cm³/mol. The Labute approximate surface area is 118 Å². The Morgan fingerprint density at radius 1 is 1.05 bits per heavy atom. The molecule has 2 aromatic rings. The summed E-state index contributed by atoms with van der Waals surface area (Å²) < 4.78 is 24.2. The number of halogens is 1. The van der Waals surface area contributed by atoms with E-state index >= 15 is 0 Å². The van der Waals surface area contributed by atoms with Crippen LogP contribution in [0.3, 0.4) is 0 Å². The van der Waals surface area contributed by atoms with Gasteiger partial charge in [-0.2, -0.15) is 0 Å². The lowest BCUT2D eigenvalue weighted by Crippen LogP contribution is -2.06. The normalized spacial score (nSPS) is 10.6. The number of para-hydroxylation sites is 1. The van der Waals surface area contributed by atoms with E-state index in [-0.39, 0.29) is 5.82 Å². The SMILES string of the molecule is COCCOc1ccccc1-c1cc(F)ccc1CN. The van der Waals surface area contributed by atoms with E-state index in [1.54, 1.807) is 13.2 Å². The largest absolute Gasteiger partial charge is 0.491 e. The zero-order valence-electron chi connectivity index (χ0n) is 11.4. The van der Waals surface area contributed by atoms with Gasteiger partial charge in [-0.15, -0.1) is 0 Å². The predicted octanol–water partition coefficient (Wildman–Crippen LogP) is 2.98. The molecule has 2 N–H and O–H groups in total. The molecular formula is C16H18FNO2. The number of rotatable bonds is 6. The van der Waals surface area contributed by atoms with Crippen LogP contribution in [-0.2, 0) is 11.3 Å². The van der Waals surface area contributed by atoms with Crippen molar-refractivity contribution in [1.82, 2.24) is 0 Å². The number of benzene rings is 2. The van der Waals surface area contributed by atoms with Crippen molar-refractivity contribution in [2.24, 2.45) is 5.73 Å². The maximum absolute atomic E-state index is 13.5. The van der Waals surface area contributed by atoms with Gasteiger partial charge in [0.1, 0.15) is 18.2 Å². The van der Waals surface area contributed by atoms with E-state index in [1.807, 2.05) is 24.3 Å². The molecule has 106 valence electrons. The first-order chi connectivity index (χ1) is 9.76. The van der Waals surface area contributed by atoms with Gasteiger partial charge in [-0.25, -0.2) is 4.39 Å². The van der Waals surface area contributed by atoms with Gasteiger partial charge in [0.2, 0.25) is 0 Å². The van der Waals surface area contributed by atoms with Crippen molar-refractivity contribution in [3.05, 3.63) is 53.8 Å². The highest BCUT2D eigenvalue weighted by Gasteiger charge is 2.10. The van der Waals surface area contributed by atoms with Crippen LogP contribution in [0.4, 0.5) is 4.39 Å². The minimum absolute atomic E-state index is 0.288. The standard InChI is InChI=1S/C16H18FNO2/c1-19-8-9-20-16-5-3-2-4-14(16)15-10-13(17)7-6-12(15)11-18/h2-7,10H,8-9,11,18H2,1H3. The number of hydrogen-bond acceptors (Lipinski definition) is 3. The van der Waals surface area contributed by atoms with E-state index in [0.29, 0.717) is 25.5 Å². The van der Waals surface area contributed by atoms with Crippen LogP contribution in [0.1, 0.15) is 5.56 Å². The van der Waals surface area contributed by atoms with Gasteiger partial charge < -0.3 is 15.2 Å². The van der Waals surface area contributed by atoms with Gasteiger partial charge in [-0.3, -0.25) is 0 Å². The topological polar surface area (TPSA) is 44.5 Å². The van der Waals surface area contributed by atoms with Gasteiger partial charge in [0.05, 0.1) is 6.61 Å². The summed E-state index contributed by atoms with van der Waals surface area (Å²) in [6, 6.07) is 12.1. The van der Waals surface area contributed by atoms with Gasteiger partial charge in [-0.1, -0.05) is 24.3 Å². The Kier molecular flexibility index (Phi) is 5.09. The number of nitrogens with two attached hydrogens (primary N) is 1. The molecule has 2 aromatic carbocycles. The zero-order valence-corrected chi connectivity index (χ0v) is 11.4. The van der Waals surface area contributed by atoms with Crippen molar-refractivity contribution in [1.29, 1.82) is 0 Å². The monoisotopic (exact) mass is 275 g/mol. The Bertz CT molecular complexity index is 572. The van der Waals surface area contributed by atoms with Crippen LogP contribution in [0, 0.1) is 5.82 Å². The summed E-state index contributed by atoms with van der Waals surface area (Å²) >= 11 is 0. The summed E-state index contributed by atoms with van der Waals surface area (Å²) in [6.07, 6.45) is 0. The molecule has 0 bridgehead atoms. The van der Waals surface area contributed by atoms with Crippen molar-refractivity contribution < 1.29 is 13.9 Å². The number of ether oxygens (including phenoxy) is 2. The minimum atomic E-state index is -0.288. The summed E-state index contributed by atoms with van der Waals surface area (Å²) in [7, 11) is 1.62. The summed E-state index contributed by atoms with van der Waals surface area (Å²) in [6.45, 7) is 1.30. The first-order valence-corrected chi connectivity index (χ1v) is 6.46. The third-order valence-electron chi connectivity index (χ3n) is 3.01. The van der Waals surface area contributed by atoms with Crippen LogP contribution in [-0.4, -0.2) is 20.3 Å². The highest BCUT2D eigenvalue weighted by atomic mass is 19.1. The second kappa shape index (κ2) is 7.03. The molecule has 0 aliphatic carbocycles. The van der Waals surface area contributed by atoms with Gasteiger partial charge >= 0.3 is 0 Å². The average Bonchev–Trinajstić information content (AvgIpc) is 2.48. The highest BCUT2D eigenvalue weighted by Crippen LogP contribution is 2.32. The van der Waals surface area contributed by atoms with Gasteiger partial charge in [-0.05, 0) is 29.3 Å². The molecule has 0 saturated carbocycles. The fourth-order valence-corrected chi connectivity index (χ4v) is 2.03. The second-order valence-electron chi connectivity index (χ2n) is 4.34. The van der Waals surface area contributed by atoms with Crippen molar-refractivity contribution in [3.63, 3.8) is 0 Å². The molecule has 0 spiro atoms. The first-order valence-electron chi connectivity index (χ1n) is 6.46. The second-order valence-corrected chi connectivity index (χ2v) is 4.34. The molecular weight excluding hydrogens is 257 g/mol. The van der Waals surface area contributed by atoms with E-state index in [1.165, 1.54) is 12.1 Å². The molecule has 0 aromatic heterocycles. The molecule has 0 unspecified atom stereocenters. The Morgan fingerprint density at radius 3 is 2.60 bits per heavy atom. The molecule has 0 radical (unpaired) electrons. The lowest BCUT2D eigenvalue weighted by Gasteiger charge is -2.14. The average molecular weight is 275 g/mol. The highest BCUT2D eigenvalue weighted by molar-refractivity contribution is 5.73. The Morgan fingerprint density at radius 2 is 1.85 bits per heavy atom. The molecule has 20 heavy (non-hydrogen) atoms. The van der Waals surface area contributed by atoms with Crippen molar-refractivity contribution >= 4 is 0 Å². The third kappa shape index (κ3) is 3.35. The van der Waals surface area contributed by atoms with E-state index in [4.69, 9.17) is 15.2 Å². The third-order valence-corrected chi connectivity index (χ3v) is 3.01. The van der Waals surface area contributed by atoms with Gasteiger partial charge in [0.15, 0.2) is 0 Å². The van der Waals surface area contributed by atoms with Crippen molar-refractivity contribution in [3.8, 4) is 16.9 Å². The maximum atomic E-state index is 13.5. The molecule has 3 nitrogen and oxygen atoms in total. The molecule has 0 aliphatic heterocycles. The molecule has 0 fully saturated rings. The minimum Gasteiger partial charge on any atom is -0.491 e. The van der Waals surface area contributed by atoms with Gasteiger partial charge in [0, 0.05) is 19.2 Å². The molecule has 4 heteroatoms. The zero-order chi connectivity index (χ0) is 14.4. The van der Waals surface area contributed by atoms with E-state index in [0.717, 1.165) is 16.7 Å². The van der Waals surface area contributed by atoms with Crippen LogP contribution < -0.4 is 10.5 Å². The fraction of sp³-hybridized carbons (Fsp3) is 0.250. The molecule has 0 amide bonds. The van der Waals surface area contributed by atoms with Crippen LogP contribution in [0.2, 0.25) is 0 Å². The molecule has 0 aliphatic rings. The fourth-order valence-electron chi connectivity index (χ4n) is 2.03. The first kappa shape index (κ1) is 14.5. The van der Waals surface area contributed by atoms with Crippen LogP contribution in [0.15, 0.2) is 42.5 Å². The molecule has 2 rings (SSSR count). The Hall–Kier alpha value is -1.91. The van der Waals surface area contributed by atoms with E-state index < -0.39 is 0 Å². The van der Waals surface area contributed by atoms with E-state index in [9.17, 15) is 4.39 Å². The van der Waals surface area contributed by atoms with Crippen molar-refractivity contribution in [2.45, 2.75) is 6.54 Å². The smallest absolute Gasteiger partial charge is 0.127 e. The summed E-state index contributed by atoms with van der Waals surface area (Å²) in [5.41, 5.74) is 8.21. The van der Waals surface area contributed by atoms with Crippen LogP contribution >= 0.6 is 0 Å². The molecule has 0 heterocycles. The summed E-state index contributed by atoms with van der Waals surface area (Å²) in [4.78, 5) is 0. The van der Waals surface area contributed by atoms with Crippen LogP contribution in [0.25, 0.3) is 11.1 Å². The van der Waals surface area contributed by atoms with Crippen molar-refractivity contribution in [2.75, 3.05) is 20.3 Å². The Balaban J connectivity index is 2.39. The quantitative estimate of drug-likeness (QED) is 0.824. The lowest BCUT2D eigenvalue weighted by atomic mass is 9.98.